The molecule has 1 aliphatic carbocycles. The number of benzene rings is 1. The molecule has 0 atom stereocenters. The standard InChI is InChI=1S/C20H20F2N2OS/c21-13-11-17(22)15-8-4-10-24(18(15)12-13)20(25)16-7-3-9-23-19(16)26-14-5-1-2-6-14/h3,7,9,11-12,14H,1-2,4-6,8,10H2. The van der Waals surface area contributed by atoms with Gasteiger partial charge >= 0.3 is 0 Å². The smallest absolute Gasteiger partial charge is 0.261 e. The molecule has 1 fully saturated rings. The SMILES string of the molecule is O=C(c1cccnc1SC1CCCC1)N1CCCc2c(F)cc(F)cc21. The molecule has 3 nitrogen and oxygen atoms in total. The monoisotopic (exact) mass is 374 g/mol. The number of fused-ring (bicyclic) bond motifs is 1. The Bertz CT molecular complexity index is 837. The molecule has 1 amide bonds. The van der Waals surface area contributed by atoms with Gasteiger partial charge < -0.3 is 4.90 Å². The molecule has 0 N–H and O–H groups in total. The van der Waals surface area contributed by atoms with Gasteiger partial charge in [0.25, 0.3) is 5.91 Å². The molecule has 6 heteroatoms. The molecule has 26 heavy (non-hydrogen) atoms. The molecule has 0 bridgehead atoms. The number of pyridine rings is 1. The molecule has 1 aromatic carbocycles. The van der Waals surface area contributed by atoms with E-state index in [-0.39, 0.29) is 5.91 Å². The number of halogens is 2. The third-order valence-corrected chi connectivity index (χ3v) is 6.42. The quantitative estimate of drug-likeness (QED) is 0.759. The van der Waals surface area contributed by atoms with Crippen molar-refractivity contribution in [3.8, 4) is 0 Å². The Morgan fingerprint density at radius 3 is 2.81 bits per heavy atom. The molecule has 0 saturated heterocycles. The second-order valence-electron chi connectivity index (χ2n) is 6.83. The van der Waals surface area contributed by atoms with Gasteiger partial charge in [0.1, 0.15) is 16.7 Å². The van der Waals surface area contributed by atoms with Crippen LogP contribution in [0.3, 0.4) is 0 Å². The summed E-state index contributed by atoms with van der Waals surface area (Å²) in [6.45, 7) is 0.456. The predicted octanol–water partition coefficient (Wildman–Crippen LogP) is 4.99. The number of hydrogen-bond donors (Lipinski definition) is 0. The van der Waals surface area contributed by atoms with Crippen molar-refractivity contribution in [1.29, 1.82) is 0 Å². The van der Waals surface area contributed by atoms with E-state index in [0.29, 0.717) is 46.5 Å². The summed E-state index contributed by atoms with van der Waals surface area (Å²) in [5, 5.41) is 1.20. The maximum atomic E-state index is 14.1. The van der Waals surface area contributed by atoms with Crippen LogP contribution in [-0.4, -0.2) is 22.7 Å². The minimum atomic E-state index is -0.660. The summed E-state index contributed by atoms with van der Waals surface area (Å²) in [6, 6.07) is 5.65. The average molecular weight is 374 g/mol. The maximum Gasteiger partial charge on any atom is 0.261 e. The maximum absolute atomic E-state index is 14.1. The fraction of sp³-hybridized carbons (Fsp3) is 0.400. The van der Waals surface area contributed by atoms with E-state index in [2.05, 4.69) is 4.98 Å². The van der Waals surface area contributed by atoms with Crippen molar-refractivity contribution in [3.05, 3.63) is 53.2 Å². The van der Waals surface area contributed by atoms with Gasteiger partial charge in [-0.15, -0.1) is 11.8 Å². The van der Waals surface area contributed by atoms with E-state index in [1.54, 1.807) is 30.1 Å². The lowest BCUT2D eigenvalue weighted by Gasteiger charge is -2.30. The second kappa shape index (κ2) is 7.35. The Labute approximate surface area is 155 Å². The molecule has 2 aliphatic rings. The topological polar surface area (TPSA) is 33.2 Å². The molecule has 2 aromatic rings. The Kier molecular flexibility index (Phi) is 4.94. The Balaban J connectivity index is 1.67. The molecule has 1 aliphatic heterocycles. The fourth-order valence-corrected chi connectivity index (χ4v) is 5.07. The van der Waals surface area contributed by atoms with Crippen LogP contribution in [0.25, 0.3) is 0 Å². The molecule has 1 saturated carbocycles. The summed E-state index contributed by atoms with van der Waals surface area (Å²) < 4.78 is 27.9. The van der Waals surface area contributed by atoms with Crippen LogP contribution in [0.4, 0.5) is 14.5 Å². The number of carbonyl (C=O) groups is 1. The number of rotatable bonds is 3. The predicted molar refractivity (Wildman–Crippen MR) is 98.7 cm³/mol. The summed E-state index contributed by atoms with van der Waals surface area (Å²) in [7, 11) is 0. The first-order valence-corrected chi connectivity index (χ1v) is 9.93. The van der Waals surface area contributed by atoms with Gasteiger partial charge in [-0.25, -0.2) is 13.8 Å². The number of thioether (sulfide) groups is 1. The molecule has 4 rings (SSSR count). The van der Waals surface area contributed by atoms with Crippen molar-refractivity contribution in [3.63, 3.8) is 0 Å². The summed E-state index contributed by atoms with van der Waals surface area (Å²) in [6.07, 6.45) is 7.57. The van der Waals surface area contributed by atoms with Gasteiger partial charge in [-0.1, -0.05) is 12.8 Å². The van der Waals surface area contributed by atoms with Crippen LogP contribution in [-0.2, 0) is 6.42 Å². The van der Waals surface area contributed by atoms with E-state index in [1.807, 2.05) is 0 Å². The normalized spacial score (nSPS) is 17.4. The van der Waals surface area contributed by atoms with E-state index in [4.69, 9.17) is 0 Å². The lowest BCUT2D eigenvalue weighted by Crippen LogP contribution is -2.36. The number of aromatic nitrogens is 1. The number of amides is 1. The van der Waals surface area contributed by atoms with Gasteiger partial charge in [0.05, 0.1) is 11.3 Å². The molecule has 2 heterocycles. The van der Waals surface area contributed by atoms with Gasteiger partial charge in [-0.2, -0.15) is 0 Å². The van der Waals surface area contributed by atoms with E-state index in [1.165, 1.54) is 23.8 Å². The highest BCUT2D eigenvalue weighted by atomic mass is 32.2. The van der Waals surface area contributed by atoms with Gasteiger partial charge in [0, 0.05) is 29.6 Å². The van der Waals surface area contributed by atoms with Crippen LogP contribution in [0.1, 0.15) is 48.0 Å². The highest BCUT2D eigenvalue weighted by Gasteiger charge is 2.29. The molecule has 136 valence electrons. The molecule has 0 unspecified atom stereocenters. The van der Waals surface area contributed by atoms with E-state index < -0.39 is 11.6 Å². The van der Waals surface area contributed by atoms with Crippen molar-refractivity contribution >= 4 is 23.4 Å². The van der Waals surface area contributed by atoms with E-state index in [0.717, 1.165) is 18.9 Å². The van der Waals surface area contributed by atoms with Crippen LogP contribution < -0.4 is 4.90 Å². The lowest BCUT2D eigenvalue weighted by atomic mass is 10.00. The molecule has 0 spiro atoms. The summed E-state index contributed by atoms with van der Waals surface area (Å²) >= 11 is 1.65. The van der Waals surface area contributed by atoms with Crippen LogP contribution in [0.5, 0.6) is 0 Å². The number of anilines is 1. The Morgan fingerprint density at radius 1 is 1.19 bits per heavy atom. The summed E-state index contributed by atoms with van der Waals surface area (Å²) in [5.41, 5.74) is 1.28. The van der Waals surface area contributed by atoms with Gasteiger partial charge in [0.15, 0.2) is 0 Å². The first kappa shape index (κ1) is 17.5. The van der Waals surface area contributed by atoms with Gasteiger partial charge in [-0.3, -0.25) is 4.79 Å². The number of nitrogens with zero attached hydrogens (tertiary/aromatic N) is 2. The Morgan fingerprint density at radius 2 is 2.00 bits per heavy atom. The third-order valence-electron chi connectivity index (χ3n) is 5.06. The highest BCUT2D eigenvalue weighted by Crippen LogP contribution is 2.37. The molecular weight excluding hydrogens is 354 g/mol. The average Bonchev–Trinajstić information content (AvgIpc) is 3.14. The van der Waals surface area contributed by atoms with Crippen LogP contribution in [0.15, 0.2) is 35.5 Å². The van der Waals surface area contributed by atoms with Crippen molar-refractivity contribution < 1.29 is 13.6 Å². The highest BCUT2D eigenvalue weighted by molar-refractivity contribution is 7.99. The van der Waals surface area contributed by atoms with Crippen LogP contribution in [0, 0.1) is 11.6 Å². The zero-order valence-electron chi connectivity index (χ0n) is 14.4. The molecule has 1 aromatic heterocycles. The van der Waals surface area contributed by atoms with Crippen molar-refractivity contribution in [2.75, 3.05) is 11.4 Å². The van der Waals surface area contributed by atoms with Crippen molar-refractivity contribution in [1.82, 2.24) is 4.98 Å². The number of hydrogen-bond acceptors (Lipinski definition) is 3. The summed E-state index contributed by atoms with van der Waals surface area (Å²) in [5.74, 6) is -1.47. The lowest BCUT2D eigenvalue weighted by molar-refractivity contribution is 0.0981. The molecular formula is C20H20F2N2OS. The van der Waals surface area contributed by atoms with E-state index >= 15 is 0 Å². The Hall–Kier alpha value is -1.95. The van der Waals surface area contributed by atoms with E-state index in [9.17, 15) is 13.6 Å². The first-order valence-electron chi connectivity index (χ1n) is 9.05. The van der Waals surface area contributed by atoms with Crippen LogP contribution in [0.2, 0.25) is 0 Å². The van der Waals surface area contributed by atoms with Crippen LogP contribution >= 0.6 is 11.8 Å². The second-order valence-corrected chi connectivity index (χ2v) is 8.12. The zero-order chi connectivity index (χ0) is 18.1. The zero-order valence-corrected chi connectivity index (χ0v) is 15.2. The first-order chi connectivity index (χ1) is 12.6. The fourth-order valence-electron chi connectivity index (χ4n) is 3.78. The van der Waals surface area contributed by atoms with Crippen molar-refractivity contribution in [2.45, 2.75) is 48.8 Å². The van der Waals surface area contributed by atoms with Gasteiger partial charge in [-0.05, 0) is 43.9 Å². The molecule has 0 radical (unpaired) electrons. The third kappa shape index (κ3) is 3.34. The van der Waals surface area contributed by atoms with Crippen molar-refractivity contribution in [2.24, 2.45) is 0 Å². The van der Waals surface area contributed by atoms with Gasteiger partial charge in [0.2, 0.25) is 0 Å². The minimum absolute atomic E-state index is 0.232. The largest absolute Gasteiger partial charge is 0.308 e. The summed E-state index contributed by atoms with van der Waals surface area (Å²) in [4.78, 5) is 19.1. The number of carbonyl (C=O) groups excluding carboxylic acids is 1. The minimum Gasteiger partial charge on any atom is -0.308 e.